The first kappa shape index (κ1) is 18.8. The van der Waals surface area contributed by atoms with Crippen molar-refractivity contribution in [2.75, 3.05) is 0 Å². The molecule has 0 saturated heterocycles. The Kier molecular flexibility index (Phi) is 4.51. The van der Waals surface area contributed by atoms with Crippen LogP contribution in [0.25, 0.3) is 33.2 Å². The lowest BCUT2D eigenvalue weighted by molar-refractivity contribution is 0.684. The molecule has 0 amide bonds. The number of hydrogen-bond donors (Lipinski definition) is 0. The predicted molar refractivity (Wildman–Crippen MR) is 131 cm³/mol. The van der Waals surface area contributed by atoms with Crippen LogP contribution in [0.15, 0.2) is 131 Å². The average molecular weight is 433 g/mol. The van der Waals surface area contributed by atoms with Gasteiger partial charge in [-0.05, 0) is 36.4 Å². The van der Waals surface area contributed by atoms with Crippen LogP contribution in [0, 0.1) is 0 Å². The van der Waals surface area contributed by atoms with Crippen molar-refractivity contribution < 1.29 is 4.21 Å². The van der Waals surface area contributed by atoms with Gasteiger partial charge in [0.2, 0.25) is 0 Å². The van der Waals surface area contributed by atoms with Gasteiger partial charge < -0.3 is 9.13 Å². The number of hydrogen-bond acceptors (Lipinski definition) is 1. The fourth-order valence-electron chi connectivity index (χ4n) is 4.32. The zero-order valence-electron chi connectivity index (χ0n) is 17.3. The molecule has 0 bridgehead atoms. The van der Waals surface area contributed by atoms with Gasteiger partial charge >= 0.3 is 0 Å². The minimum absolute atomic E-state index is 0.820. The molecule has 2 aromatic heterocycles. The molecule has 6 aromatic rings. The zero-order chi connectivity index (χ0) is 21.5. The molecule has 32 heavy (non-hydrogen) atoms. The third-order valence-corrected chi connectivity index (χ3v) is 7.27. The minimum atomic E-state index is -1.34. The third kappa shape index (κ3) is 3.00. The summed E-state index contributed by atoms with van der Waals surface area (Å²) in [7, 11) is -1.34. The maximum Gasteiger partial charge on any atom is 0.0893 e. The Morgan fingerprint density at radius 1 is 0.469 bits per heavy atom. The van der Waals surface area contributed by atoms with E-state index in [0.29, 0.717) is 0 Å². The molecule has 0 aliphatic rings. The first-order chi connectivity index (χ1) is 15.8. The van der Waals surface area contributed by atoms with Crippen molar-refractivity contribution in [3.8, 4) is 11.4 Å². The van der Waals surface area contributed by atoms with Crippen LogP contribution < -0.4 is 0 Å². The van der Waals surface area contributed by atoms with Crippen molar-refractivity contribution in [1.29, 1.82) is 0 Å². The first-order valence-corrected chi connectivity index (χ1v) is 11.7. The van der Waals surface area contributed by atoms with E-state index in [9.17, 15) is 4.21 Å². The summed E-state index contributed by atoms with van der Waals surface area (Å²) in [5, 5.41) is 2.01. The molecule has 3 nitrogen and oxygen atoms in total. The van der Waals surface area contributed by atoms with Gasteiger partial charge in [0.1, 0.15) is 0 Å². The molecular weight excluding hydrogens is 412 g/mol. The Morgan fingerprint density at radius 2 is 0.844 bits per heavy atom. The van der Waals surface area contributed by atoms with Crippen LogP contribution in [0.2, 0.25) is 0 Å². The van der Waals surface area contributed by atoms with Gasteiger partial charge in [0, 0.05) is 34.5 Å². The smallest absolute Gasteiger partial charge is 0.0893 e. The topological polar surface area (TPSA) is 26.9 Å². The Hall–Kier alpha value is -3.89. The molecule has 6 rings (SSSR count). The molecule has 4 heteroatoms. The van der Waals surface area contributed by atoms with Crippen molar-refractivity contribution in [3.63, 3.8) is 0 Å². The van der Waals surface area contributed by atoms with Crippen molar-refractivity contribution >= 4 is 32.6 Å². The van der Waals surface area contributed by atoms with Gasteiger partial charge in [-0.15, -0.1) is 0 Å². The lowest BCUT2D eigenvalue weighted by Crippen LogP contribution is -1.93. The summed E-state index contributed by atoms with van der Waals surface area (Å²) in [6, 6.07) is 36.7. The number of benzene rings is 4. The summed E-state index contributed by atoms with van der Waals surface area (Å²) < 4.78 is 18.3. The van der Waals surface area contributed by atoms with Crippen molar-refractivity contribution in [2.45, 2.75) is 9.79 Å². The Morgan fingerprint density at radius 3 is 1.28 bits per heavy atom. The molecule has 2 heterocycles. The van der Waals surface area contributed by atoms with Crippen LogP contribution in [0.3, 0.4) is 0 Å². The maximum atomic E-state index is 14.0. The summed E-state index contributed by atoms with van der Waals surface area (Å²) in [5.41, 5.74) is 4.21. The van der Waals surface area contributed by atoms with Gasteiger partial charge in [0.25, 0.3) is 0 Å². The van der Waals surface area contributed by atoms with Crippen LogP contribution in [0.1, 0.15) is 0 Å². The Balaban J connectivity index is 1.57. The largest absolute Gasteiger partial charge is 0.315 e. The molecule has 0 saturated carbocycles. The highest BCUT2D eigenvalue weighted by Gasteiger charge is 2.20. The second-order valence-corrected chi connectivity index (χ2v) is 9.12. The van der Waals surface area contributed by atoms with E-state index in [1.54, 1.807) is 0 Å². The quantitative estimate of drug-likeness (QED) is 0.303. The predicted octanol–water partition coefficient (Wildman–Crippen LogP) is 6.74. The summed E-state index contributed by atoms with van der Waals surface area (Å²) in [4.78, 5) is 1.64. The van der Waals surface area contributed by atoms with Crippen LogP contribution >= 0.6 is 0 Å². The Bertz CT molecular complexity index is 1460. The molecule has 0 aliphatic heterocycles. The number of fused-ring (bicyclic) bond motifs is 2. The van der Waals surface area contributed by atoms with Gasteiger partial charge in [-0.2, -0.15) is 0 Å². The van der Waals surface area contributed by atoms with Gasteiger partial charge in [0.05, 0.1) is 31.6 Å². The van der Waals surface area contributed by atoms with Crippen molar-refractivity contribution in [1.82, 2.24) is 9.13 Å². The summed E-state index contributed by atoms with van der Waals surface area (Å²) in [6.45, 7) is 0. The summed E-state index contributed by atoms with van der Waals surface area (Å²) in [5.74, 6) is 0. The van der Waals surface area contributed by atoms with Crippen LogP contribution in [-0.4, -0.2) is 13.3 Å². The molecule has 0 spiro atoms. The standard InChI is InChI=1S/C28H20N2OS/c31-32(27-19-29(21-11-3-1-4-12-21)25-17-9-7-15-23(25)27)28-20-30(22-13-5-2-6-14-22)26-18-10-8-16-24(26)28/h1-20H. The second kappa shape index (κ2) is 7.66. The third-order valence-electron chi connectivity index (χ3n) is 5.82. The zero-order valence-corrected chi connectivity index (χ0v) is 18.1. The average Bonchev–Trinajstić information content (AvgIpc) is 3.44. The van der Waals surface area contributed by atoms with Crippen LogP contribution in [0.4, 0.5) is 0 Å². The minimum Gasteiger partial charge on any atom is -0.315 e. The van der Waals surface area contributed by atoms with E-state index in [0.717, 1.165) is 43.0 Å². The number of para-hydroxylation sites is 4. The molecule has 0 unspecified atom stereocenters. The van der Waals surface area contributed by atoms with E-state index in [4.69, 9.17) is 0 Å². The molecule has 154 valence electrons. The molecule has 0 fully saturated rings. The van der Waals surface area contributed by atoms with E-state index >= 15 is 0 Å². The van der Waals surface area contributed by atoms with Crippen molar-refractivity contribution in [2.24, 2.45) is 0 Å². The van der Waals surface area contributed by atoms with Crippen molar-refractivity contribution in [3.05, 3.63) is 122 Å². The van der Waals surface area contributed by atoms with Crippen LogP contribution in [0.5, 0.6) is 0 Å². The highest BCUT2D eigenvalue weighted by molar-refractivity contribution is 7.85. The molecule has 4 aromatic carbocycles. The van der Waals surface area contributed by atoms with Gasteiger partial charge in [0.15, 0.2) is 0 Å². The summed E-state index contributed by atoms with van der Waals surface area (Å²) in [6.07, 6.45) is 4.04. The monoisotopic (exact) mass is 432 g/mol. The lowest BCUT2D eigenvalue weighted by Gasteiger charge is -2.04. The Labute approximate surface area is 188 Å². The molecule has 0 radical (unpaired) electrons. The molecule has 0 atom stereocenters. The first-order valence-electron chi connectivity index (χ1n) is 10.5. The van der Waals surface area contributed by atoms with Gasteiger partial charge in [-0.3, -0.25) is 0 Å². The number of aromatic nitrogens is 2. The van der Waals surface area contributed by atoms with Gasteiger partial charge in [-0.1, -0.05) is 72.8 Å². The number of nitrogens with zero attached hydrogens (tertiary/aromatic N) is 2. The lowest BCUT2D eigenvalue weighted by atomic mass is 10.2. The highest BCUT2D eigenvalue weighted by atomic mass is 32.2. The second-order valence-electron chi connectivity index (χ2n) is 7.70. The SMILES string of the molecule is O=S(c1cn(-c2ccccc2)c2ccccc12)c1cn(-c2ccccc2)c2ccccc12. The van der Waals surface area contributed by atoms with E-state index in [1.807, 2.05) is 73.1 Å². The molecule has 0 N–H and O–H groups in total. The van der Waals surface area contributed by atoms with Crippen LogP contribution in [-0.2, 0) is 10.8 Å². The fraction of sp³-hybridized carbons (Fsp3) is 0. The number of rotatable bonds is 4. The fourth-order valence-corrected chi connectivity index (χ4v) is 5.70. The molecular formula is C28H20N2OS. The normalized spacial score (nSPS) is 11.5. The van der Waals surface area contributed by atoms with E-state index < -0.39 is 10.8 Å². The van der Waals surface area contributed by atoms with E-state index in [1.165, 1.54) is 0 Å². The molecule has 0 aliphatic carbocycles. The summed E-state index contributed by atoms with van der Waals surface area (Å²) >= 11 is 0. The maximum absolute atomic E-state index is 14.0. The van der Waals surface area contributed by atoms with E-state index in [2.05, 4.69) is 57.7 Å². The highest BCUT2D eigenvalue weighted by Crippen LogP contribution is 2.34. The van der Waals surface area contributed by atoms with E-state index in [-0.39, 0.29) is 0 Å². The van der Waals surface area contributed by atoms with Gasteiger partial charge in [-0.25, -0.2) is 4.21 Å².